The minimum absolute atomic E-state index is 0.0207. The van der Waals surface area contributed by atoms with Gasteiger partial charge in [-0.15, -0.1) is 11.8 Å². The molecule has 1 amide bonds. The van der Waals surface area contributed by atoms with Crippen molar-refractivity contribution in [2.45, 2.75) is 17.9 Å². The number of benzene rings is 1. The summed E-state index contributed by atoms with van der Waals surface area (Å²) in [5.74, 6) is 0.448. The number of nitrogens with zero attached hydrogens (tertiary/aromatic N) is 1. The van der Waals surface area contributed by atoms with Crippen LogP contribution in [0.15, 0.2) is 47.6 Å². The molecule has 94 valence electrons. The molecule has 1 atom stereocenters. The molecule has 0 bridgehead atoms. The molecule has 2 N–H and O–H groups in total. The maximum absolute atomic E-state index is 11.8. The number of thioether (sulfide) groups is 1. The van der Waals surface area contributed by atoms with Gasteiger partial charge in [-0.3, -0.25) is 9.89 Å². The van der Waals surface area contributed by atoms with Crippen molar-refractivity contribution in [3.8, 4) is 0 Å². The van der Waals surface area contributed by atoms with E-state index in [1.54, 1.807) is 12.4 Å². The van der Waals surface area contributed by atoms with Gasteiger partial charge < -0.3 is 5.32 Å². The van der Waals surface area contributed by atoms with Crippen LogP contribution < -0.4 is 5.32 Å². The number of amides is 1. The van der Waals surface area contributed by atoms with E-state index in [1.165, 1.54) is 11.8 Å². The zero-order valence-corrected chi connectivity index (χ0v) is 10.9. The number of hydrogen-bond donors (Lipinski definition) is 2. The number of rotatable bonds is 5. The van der Waals surface area contributed by atoms with E-state index in [0.29, 0.717) is 5.75 Å². The van der Waals surface area contributed by atoms with E-state index in [4.69, 9.17) is 0 Å². The van der Waals surface area contributed by atoms with Gasteiger partial charge in [-0.25, -0.2) is 0 Å². The highest BCUT2D eigenvalue weighted by atomic mass is 32.2. The first-order valence-electron chi connectivity index (χ1n) is 5.71. The van der Waals surface area contributed by atoms with Crippen LogP contribution in [-0.2, 0) is 4.79 Å². The highest BCUT2D eigenvalue weighted by molar-refractivity contribution is 8.00. The molecular formula is C13H15N3OS. The number of nitrogens with one attached hydrogen (secondary N) is 2. The molecule has 0 spiro atoms. The molecule has 1 aromatic carbocycles. The van der Waals surface area contributed by atoms with Crippen molar-refractivity contribution in [1.29, 1.82) is 0 Å². The number of aromatic amines is 1. The summed E-state index contributed by atoms with van der Waals surface area (Å²) >= 11 is 1.53. The molecule has 0 fully saturated rings. The summed E-state index contributed by atoms with van der Waals surface area (Å²) in [6.07, 6.45) is 3.50. The van der Waals surface area contributed by atoms with Crippen molar-refractivity contribution < 1.29 is 4.79 Å². The SMILES string of the molecule is CC(NC(=O)CSc1ccccc1)c1cn[nH]c1. The zero-order valence-electron chi connectivity index (χ0n) is 10.1. The predicted molar refractivity (Wildman–Crippen MR) is 72.3 cm³/mol. The molecule has 0 saturated heterocycles. The van der Waals surface area contributed by atoms with Crippen molar-refractivity contribution in [2.75, 3.05) is 5.75 Å². The predicted octanol–water partition coefficient (Wildman–Crippen LogP) is 2.38. The lowest BCUT2D eigenvalue weighted by Crippen LogP contribution is -2.27. The Labute approximate surface area is 110 Å². The van der Waals surface area contributed by atoms with Crippen LogP contribution in [0.2, 0.25) is 0 Å². The molecule has 1 heterocycles. The molecule has 1 aromatic heterocycles. The summed E-state index contributed by atoms with van der Waals surface area (Å²) < 4.78 is 0. The maximum atomic E-state index is 11.8. The van der Waals surface area contributed by atoms with Gasteiger partial charge in [0.15, 0.2) is 0 Å². The van der Waals surface area contributed by atoms with Gasteiger partial charge in [-0.1, -0.05) is 18.2 Å². The van der Waals surface area contributed by atoms with E-state index in [1.807, 2.05) is 37.3 Å². The highest BCUT2D eigenvalue weighted by Gasteiger charge is 2.10. The van der Waals surface area contributed by atoms with Gasteiger partial charge in [0, 0.05) is 16.7 Å². The lowest BCUT2D eigenvalue weighted by molar-refractivity contribution is -0.119. The molecule has 2 aromatic rings. The Morgan fingerprint density at radius 3 is 2.89 bits per heavy atom. The van der Waals surface area contributed by atoms with Crippen LogP contribution in [0.1, 0.15) is 18.5 Å². The fraction of sp³-hybridized carbons (Fsp3) is 0.231. The first-order valence-corrected chi connectivity index (χ1v) is 6.70. The fourth-order valence-electron chi connectivity index (χ4n) is 1.53. The maximum Gasteiger partial charge on any atom is 0.230 e. The second-order valence-corrected chi connectivity index (χ2v) is 4.97. The van der Waals surface area contributed by atoms with Crippen molar-refractivity contribution in [3.63, 3.8) is 0 Å². The monoisotopic (exact) mass is 261 g/mol. The molecule has 0 saturated carbocycles. The molecular weight excluding hydrogens is 246 g/mol. The van der Waals surface area contributed by atoms with E-state index in [0.717, 1.165) is 10.5 Å². The van der Waals surface area contributed by atoms with Crippen LogP contribution >= 0.6 is 11.8 Å². The normalized spacial score (nSPS) is 12.1. The molecule has 18 heavy (non-hydrogen) atoms. The zero-order chi connectivity index (χ0) is 12.8. The van der Waals surface area contributed by atoms with Crippen LogP contribution in [0, 0.1) is 0 Å². The summed E-state index contributed by atoms with van der Waals surface area (Å²) in [5.41, 5.74) is 0.980. The quantitative estimate of drug-likeness (QED) is 0.812. The largest absolute Gasteiger partial charge is 0.349 e. The van der Waals surface area contributed by atoms with Crippen molar-refractivity contribution >= 4 is 17.7 Å². The number of H-pyrrole nitrogens is 1. The third kappa shape index (κ3) is 3.63. The molecule has 0 radical (unpaired) electrons. The second-order valence-electron chi connectivity index (χ2n) is 3.92. The van der Waals surface area contributed by atoms with Crippen LogP contribution in [0.25, 0.3) is 0 Å². The summed E-state index contributed by atoms with van der Waals surface area (Å²) in [4.78, 5) is 12.9. The lowest BCUT2D eigenvalue weighted by atomic mass is 10.2. The average molecular weight is 261 g/mol. The van der Waals surface area contributed by atoms with E-state index in [-0.39, 0.29) is 11.9 Å². The molecule has 1 unspecified atom stereocenters. The number of hydrogen-bond acceptors (Lipinski definition) is 3. The number of aromatic nitrogens is 2. The lowest BCUT2D eigenvalue weighted by Gasteiger charge is -2.11. The van der Waals surface area contributed by atoms with E-state index >= 15 is 0 Å². The summed E-state index contributed by atoms with van der Waals surface area (Å²) in [5, 5.41) is 9.53. The molecule has 2 rings (SSSR count). The van der Waals surface area contributed by atoms with Crippen molar-refractivity contribution in [3.05, 3.63) is 48.3 Å². The van der Waals surface area contributed by atoms with E-state index in [2.05, 4.69) is 15.5 Å². The fourth-order valence-corrected chi connectivity index (χ4v) is 2.26. The van der Waals surface area contributed by atoms with Crippen molar-refractivity contribution in [2.24, 2.45) is 0 Å². The van der Waals surface area contributed by atoms with Crippen LogP contribution in [0.3, 0.4) is 0 Å². The molecule has 0 aliphatic carbocycles. The minimum atomic E-state index is -0.0207. The van der Waals surface area contributed by atoms with Gasteiger partial charge in [-0.2, -0.15) is 5.10 Å². The molecule has 0 aliphatic heterocycles. The minimum Gasteiger partial charge on any atom is -0.349 e. The Balaban J connectivity index is 1.79. The van der Waals surface area contributed by atoms with Gasteiger partial charge in [0.25, 0.3) is 0 Å². The summed E-state index contributed by atoms with van der Waals surface area (Å²) in [7, 11) is 0. The van der Waals surface area contributed by atoms with Gasteiger partial charge in [-0.05, 0) is 19.1 Å². The Bertz CT molecular complexity index is 484. The molecule has 0 aliphatic rings. The summed E-state index contributed by atoms with van der Waals surface area (Å²) in [6.45, 7) is 1.94. The number of carbonyl (C=O) groups excluding carboxylic acids is 1. The van der Waals surface area contributed by atoms with Crippen LogP contribution in [-0.4, -0.2) is 21.9 Å². The Morgan fingerprint density at radius 2 is 2.22 bits per heavy atom. The Hall–Kier alpha value is -1.75. The number of carbonyl (C=O) groups is 1. The third-order valence-corrected chi connectivity index (χ3v) is 3.52. The summed E-state index contributed by atoms with van der Waals surface area (Å²) in [6, 6.07) is 9.87. The van der Waals surface area contributed by atoms with Gasteiger partial charge in [0.2, 0.25) is 5.91 Å². The first-order chi connectivity index (χ1) is 8.75. The van der Waals surface area contributed by atoms with Crippen LogP contribution in [0.5, 0.6) is 0 Å². The first kappa shape index (κ1) is 12.7. The van der Waals surface area contributed by atoms with Gasteiger partial charge >= 0.3 is 0 Å². The van der Waals surface area contributed by atoms with Crippen molar-refractivity contribution in [1.82, 2.24) is 15.5 Å². The van der Waals surface area contributed by atoms with Gasteiger partial charge in [0.05, 0.1) is 18.0 Å². The standard InChI is InChI=1S/C13H15N3OS/c1-10(11-7-14-15-8-11)16-13(17)9-18-12-5-3-2-4-6-12/h2-8,10H,9H2,1H3,(H,14,15)(H,16,17). The molecule has 5 heteroatoms. The van der Waals surface area contributed by atoms with E-state index in [9.17, 15) is 4.79 Å². The second kappa shape index (κ2) is 6.26. The topological polar surface area (TPSA) is 57.8 Å². The highest BCUT2D eigenvalue weighted by Crippen LogP contribution is 2.17. The molecule has 4 nitrogen and oxygen atoms in total. The third-order valence-electron chi connectivity index (χ3n) is 2.51. The smallest absolute Gasteiger partial charge is 0.230 e. The van der Waals surface area contributed by atoms with Crippen LogP contribution in [0.4, 0.5) is 0 Å². The average Bonchev–Trinajstić information content (AvgIpc) is 2.91. The Morgan fingerprint density at radius 1 is 1.44 bits per heavy atom. The van der Waals surface area contributed by atoms with Gasteiger partial charge in [0.1, 0.15) is 0 Å². The van der Waals surface area contributed by atoms with E-state index < -0.39 is 0 Å². The Kier molecular flexibility index (Phi) is 4.41.